The second-order valence-corrected chi connectivity index (χ2v) is 9.96. The van der Waals surface area contributed by atoms with Crippen LogP contribution in [0.3, 0.4) is 0 Å². The third-order valence-corrected chi connectivity index (χ3v) is 7.00. The zero-order valence-corrected chi connectivity index (χ0v) is 18.8. The van der Waals surface area contributed by atoms with Crippen molar-refractivity contribution in [1.82, 2.24) is 24.5 Å². The molecule has 4 rings (SSSR count). The van der Waals surface area contributed by atoms with E-state index in [4.69, 9.17) is 4.74 Å². The fraction of sp³-hybridized carbons (Fsp3) is 0.409. The number of halogens is 1. The Bertz CT molecular complexity index is 1150. The van der Waals surface area contributed by atoms with Gasteiger partial charge in [0.05, 0.1) is 11.0 Å². The minimum Gasteiger partial charge on any atom is -0.475 e. The maximum Gasteiger partial charge on any atom is 0.240 e. The lowest BCUT2D eigenvalue weighted by Gasteiger charge is -2.30. The van der Waals surface area contributed by atoms with Gasteiger partial charge in [-0.25, -0.2) is 22.5 Å². The van der Waals surface area contributed by atoms with Crippen molar-refractivity contribution < 1.29 is 17.5 Å². The second-order valence-electron chi connectivity index (χ2n) is 8.24. The lowest BCUT2D eigenvalue weighted by molar-refractivity contribution is 0.232. The normalized spacial score (nSPS) is 19.2. The molecule has 170 valence electrons. The Balaban J connectivity index is 1.48. The van der Waals surface area contributed by atoms with Crippen molar-refractivity contribution >= 4 is 10.0 Å². The average Bonchev–Trinajstić information content (AvgIpc) is 3.29. The SMILES string of the molecule is CC(C)Oc1ccc(-c2ccc(S(=O)(=O)N[C@H]3CCC[C@@H](n4cnnc4)C3)cc2F)cn1. The molecule has 1 aliphatic rings. The highest BCUT2D eigenvalue weighted by atomic mass is 32.2. The molecule has 1 aromatic carbocycles. The van der Waals surface area contributed by atoms with E-state index < -0.39 is 15.8 Å². The van der Waals surface area contributed by atoms with E-state index in [2.05, 4.69) is 19.9 Å². The molecule has 0 bridgehead atoms. The fourth-order valence-corrected chi connectivity index (χ4v) is 5.27. The van der Waals surface area contributed by atoms with E-state index in [0.29, 0.717) is 17.9 Å². The van der Waals surface area contributed by atoms with E-state index in [1.807, 2.05) is 18.4 Å². The molecule has 0 unspecified atom stereocenters. The summed E-state index contributed by atoms with van der Waals surface area (Å²) in [6, 6.07) is 7.20. The summed E-state index contributed by atoms with van der Waals surface area (Å²) in [5.74, 6) is -0.178. The van der Waals surface area contributed by atoms with Gasteiger partial charge in [0.25, 0.3) is 0 Å². The van der Waals surface area contributed by atoms with Crippen molar-refractivity contribution in [3.8, 4) is 17.0 Å². The van der Waals surface area contributed by atoms with E-state index >= 15 is 0 Å². The maximum absolute atomic E-state index is 14.8. The molecule has 8 nitrogen and oxygen atoms in total. The molecule has 2 heterocycles. The van der Waals surface area contributed by atoms with E-state index in [1.165, 1.54) is 18.3 Å². The van der Waals surface area contributed by atoms with Gasteiger partial charge >= 0.3 is 0 Å². The smallest absolute Gasteiger partial charge is 0.240 e. The number of nitrogens with one attached hydrogen (secondary N) is 1. The number of aromatic nitrogens is 4. The number of sulfonamides is 1. The Morgan fingerprint density at radius 3 is 2.59 bits per heavy atom. The van der Waals surface area contributed by atoms with Gasteiger partial charge < -0.3 is 9.30 Å². The zero-order chi connectivity index (χ0) is 22.7. The second kappa shape index (κ2) is 9.33. The van der Waals surface area contributed by atoms with Gasteiger partial charge in [-0.1, -0.05) is 6.07 Å². The van der Waals surface area contributed by atoms with Crippen LogP contribution in [0.5, 0.6) is 5.88 Å². The number of rotatable bonds is 7. The molecule has 1 aliphatic carbocycles. The number of hydrogen-bond donors (Lipinski definition) is 1. The lowest BCUT2D eigenvalue weighted by atomic mass is 9.91. The summed E-state index contributed by atoms with van der Waals surface area (Å²) in [6.45, 7) is 3.79. The molecule has 2 atom stereocenters. The van der Waals surface area contributed by atoms with Crippen LogP contribution in [0.1, 0.15) is 45.6 Å². The summed E-state index contributed by atoms with van der Waals surface area (Å²) in [5.41, 5.74) is 0.817. The molecular formula is C22H26FN5O3S. The fourth-order valence-electron chi connectivity index (χ4n) is 3.97. The lowest BCUT2D eigenvalue weighted by Crippen LogP contribution is -2.38. The minimum atomic E-state index is -3.86. The number of nitrogens with zero attached hydrogens (tertiary/aromatic N) is 4. The molecule has 0 radical (unpaired) electrons. The third-order valence-electron chi connectivity index (χ3n) is 5.48. The van der Waals surface area contributed by atoms with Crippen molar-refractivity contribution in [3.05, 3.63) is 55.0 Å². The van der Waals surface area contributed by atoms with E-state index in [0.717, 1.165) is 25.3 Å². The molecule has 0 saturated heterocycles. The summed E-state index contributed by atoms with van der Waals surface area (Å²) in [6.07, 6.45) is 7.97. The highest BCUT2D eigenvalue weighted by Gasteiger charge is 2.28. The molecule has 2 aromatic heterocycles. The summed E-state index contributed by atoms with van der Waals surface area (Å²) in [7, 11) is -3.86. The standard InChI is InChI=1S/C22H26FN5O3S/c1-15(2)31-22-9-6-16(12-24-22)20-8-7-19(11-21(20)23)32(29,30)27-17-4-3-5-18(10-17)28-13-25-26-14-28/h6-9,11-15,17-18,27H,3-5,10H2,1-2H3/t17-,18+/m0/s1. The first-order valence-electron chi connectivity index (χ1n) is 10.6. The van der Waals surface area contributed by atoms with E-state index in [1.54, 1.807) is 24.8 Å². The molecule has 1 fully saturated rings. The van der Waals surface area contributed by atoms with Gasteiger partial charge in [-0.15, -0.1) is 10.2 Å². The number of ether oxygens (including phenoxy) is 1. The highest BCUT2D eigenvalue weighted by molar-refractivity contribution is 7.89. The first kappa shape index (κ1) is 22.3. The third kappa shape index (κ3) is 5.13. The molecule has 0 aliphatic heterocycles. The summed E-state index contributed by atoms with van der Waals surface area (Å²) >= 11 is 0. The van der Waals surface area contributed by atoms with Crippen LogP contribution < -0.4 is 9.46 Å². The van der Waals surface area contributed by atoms with Crippen molar-refractivity contribution in [2.45, 2.75) is 62.6 Å². The van der Waals surface area contributed by atoms with Gasteiger partial charge in [0.1, 0.15) is 18.5 Å². The number of hydrogen-bond acceptors (Lipinski definition) is 6. The molecule has 0 amide bonds. The first-order valence-corrected chi connectivity index (χ1v) is 12.1. The molecule has 1 N–H and O–H groups in total. The van der Waals surface area contributed by atoms with Crippen LogP contribution in [0.15, 0.2) is 54.1 Å². The zero-order valence-electron chi connectivity index (χ0n) is 18.0. The Labute approximate surface area is 186 Å². The van der Waals surface area contributed by atoms with Crippen molar-refractivity contribution in [2.75, 3.05) is 0 Å². The molecule has 0 spiro atoms. The van der Waals surface area contributed by atoms with Crippen LogP contribution in [-0.2, 0) is 10.0 Å². The average molecular weight is 460 g/mol. The van der Waals surface area contributed by atoms with Crippen LogP contribution in [0.2, 0.25) is 0 Å². The topological polar surface area (TPSA) is 99.0 Å². The predicted octanol–water partition coefficient (Wildman–Crippen LogP) is 3.73. The monoisotopic (exact) mass is 459 g/mol. The summed E-state index contributed by atoms with van der Waals surface area (Å²) < 4.78 is 50.8. The summed E-state index contributed by atoms with van der Waals surface area (Å²) in [5, 5.41) is 7.65. The van der Waals surface area contributed by atoms with Crippen molar-refractivity contribution in [3.63, 3.8) is 0 Å². The largest absolute Gasteiger partial charge is 0.475 e. The minimum absolute atomic E-state index is 0.0156. The number of pyridine rings is 1. The van der Waals surface area contributed by atoms with Gasteiger partial charge in [-0.2, -0.15) is 0 Å². The van der Waals surface area contributed by atoms with Gasteiger partial charge in [0.15, 0.2) is 0 Å². The molecule has 32 heavy (non-hydrogen) atoms. The van der Waals surface area contributed by atoms with Crippen LogP contribution in [-0.4, -0.2) is 40.3 Å². The van der Waals surface area contributed by atoms with Gasteiger partial charge in [-0.05, 0) is 57.7 Å². The van der Waals surface area contributed by atoms with E-state index in [-0.39, 0.29) is 28.6 Å². The quantitative estimate of drug-likeness (QED) is 0.578. The maximum atomic E-state index is 14.8. The van der Waals surface area contributed by atoms with Gasteiger partial charge in [0.2, 0.25) is 15.9 Å². The van der Waals surface area contributed by atoms with Crippen LogP contribution in [0, 0.1) is 5.82 Å². The Kier molecular flexibility index (Phi) is 6.52. The molecule has 1 saturated carbocycles. The molecule has 10 heteroatoms. The van der Waals surface area contributed by atoms with Crippen LogP contribution in [0.25, 0.3) is 11.1 Å². The van der Waals surface area contributed by atoms with Gasteiger partial charge in [-0.3, -0.25) is 0 Å². The Hall–Kier alpha value is -2.85. The Morgan fingerprint density at radius 2 is 1.94 bits per heavy atom. The summed E-state index contributed by atoms with van der Waals surface area (Å²) in [4.78, 5) is 4.08. The van der Waals surface area contributed by atoms with Crippen LogP contribution in [0.4, 0.5) is 4.39 Å². The van der Waals surface area contributed by atoms with Crippen molar-refractivity contribution in [2.24, 2.45) is 0 Å². The predicted molar refractivity (Wildman–Crippen MR) is 117 cm³/mol. The van der Waals surface area contributed by atoms with Gasteiger partial charge in [0, 0.05) is 35.5 Å². The molecular weight excluding hydrogens is 433 g/mol. The van der Waals surface area contributed by atoms with E-state index in [9.17, 15) is 12.8 Å². The number of benzene rings is 1. The molecule has 3 aromatic rings. The Morgan fingerprint density at radius 1 is 1.16 bits per heavy atom. The highest BCUT2D eigenvalue weighted by Crippen LogP contribution is 2.30. The first-order chi connectivity index (χ1) is 15.3. The van der Waals surface area contributed by atoms with Crippen LogP contribution >= 0.6 is 0 Å². The van der Waals surface area contributed by atoms with Crippen molar-refractivity contribution in [1.29, 1.82) is 0 Å².